The molecule has 1 aromatic carbocycles. The normalized spacial score (nSPS) is 13.5. The number of rotatable bonds is 10. The molecule has 0 fully saturated rings. The molecule has 1 aromatic rings. The van der Waals surface area contributed by atoms with Crippen LogP contribution < -0.4 is 15.8 Å². The van der Waals surface area contributed by atoms with Gasteiger partial charge in [-0.25, -0.2) is 13.6 Å². The van der Waals surface area contributed by atoms with Gasteiger partial charge in [-0.2, -0.15) is 0 Å². The van der Waals surface area contributed by atoms with Crippen LogP contribution in [0.25, 0.3) is 0 Å². The van der Waals surface area contributed by atoms with Gasteiger partial charge in [-0.1, -0.05) is 44.7 Å². The molecule has 0 heterocycles. The first-order chi connectivity index (χ1) is 11.9. The summed E-state index contributed by atoms with van der Waals surface area (Å²) in [6.45, 7) is 5.11. The topological polar surface area (TPSA) is 96.6 Å². The Morgan fingerprint density at radius 3 is 2.44 bits per heavy atom. The molecule has 1 unspecified atom stereocenters. The molecule has 0 saturated heterocycles. The number of sulfonamides is 1. The molecule has 0 saturated carbocycles. The fourth-order valence-electron chi connectivity index (χ4n) is 2.55. The van der Waals surface area contributed by atoms with Gasteiger partial charge < -0.3 is 10.6 Å². The summed E-state index contributed by atoms with van der Waals surface area (Å²) in [6, 6.07) is 7.03. The Morgan fingerprint density at radius 2 is 1.88 bits per heavy atom. The molecular formula is C18H32N4O2S. The third-order valence-corrected chi connectivity index (χ3v) is 4.98. The largest absolute Gasteiger partial charge is 0.356 e. The Labute approximate surface area is 152 Å². The monoisotopic (exact) mass is 368 g/mol. The van der Waals surface area contributed by atoms with Crippen molar-refractivity contribution in [2.24, 2.45) is 10.1 Å². The molecule has 0 aliphatic rings. The number of nitrogens with zero attached hydrogens (tertiary/aromatic N) is 1. The molecule has 0 aliphatic heterocycles. The van der Waals surface area contributed by atoms with Crippen molar-refractivity contribution < 1.29 is 8.42 Å². The summed E-state index contributed by atoms with van der Waals surface area (Å²) in [7, 11) is -1.86. The van der Waals surface area contributed by atoms with Crippen LogP contribution in [0.3, 0.4) is 0 Å². The second-order valence-electron chi connectivity index (χ2n) is 6.33. The van der Waals surface area contributed by atoms with E-state index in [9.17, 15) is 8.42 Å². The van der Waals surface area contributed by atoms with Crippen molar-refractivity contribution >= 4 is 16.0 Å². The van der Waals surface area contributed by atoms with Crippen molar-refractivity contribution in [3.8, 4) is 0 Å². The van der Waals surface area contributed by atoms with E-state index >= 15 is 0 Å². The quantitative estimate of drug-likeness (QED) is 0.336. The molecule has 1 atom stereocenters. The third-order valence-electron chi connectivity index (χ3n) is 4.06. The highest BCUT2D eigenvalue weighted by Gasteiger charge is 2.07. The van der Waals surface area contributed by atoms with E-state index in [-0.39, 0.29) is 4.90 Å². The van der Waals surface area contributed by atoms with Crippen LogP contribution >= 0.6 is 0 Å². The number of primary sulfonamides is 1. The third kappa shape index (κ3) is 8.88. The Bertz CT molecular complexity index is 627. The molecule has 0 aliphatic carbocycles. The van der Waals surface area contributed by atoms with Crippen molar-refractivity contribution in [2.75, 3.05) is 13.6 Å². The zero-order chi connectivity index (χ0) is 18.7. The van der Waals surface area contributed by atoms with Crippen LogP contribution in [-0.2, 0) is 16.4 Å². The minimum Gasteiger partial charge on any atom is -0.356 e. The van der Waals surface area contributed by atoms with Crippen molar-refractivity contribution in [3.05, 3.63) is 29.8 Å². The summed E-state index contributed by atoms with van der Waals surface area (Å²) in [5, 5.41) is 11.8. The number of hydrogen-bond donors (Lipinski definition) is 3. The molecule has 0 bridgehead atoms. The van der Waals surface area contributed by atoms with E-state index in [1.165, 1.54) is 37.8 Å². The molecular weight excluding hydrogens is 336 g/mol. The predicted molar refractivity (Wildman–Crippen MR) is 104 cm³/mol. The number of aliphatic imine (C=N–C) groups is 1. The van der Waals surface area contributed by atoms with Gasteiger partial charge >= 0.3 is 0 Å². The van der Waals surface area contributed by atoms with Crippen LogP contribution in [-0.4, -0.2) is 34.0 Å². The van der Waals surface area contributed by atoms with E-state index in [1.807, 2.05) is 0 Å². The van der Waals surface area contributed by atoms with E-state index in [1.54, 1.807) is 19.2 Å². The van der Waals surface area contributed by atoms with Crippen LogP contribution in [0.1, 0.15) is 51.5 Å². The van der Waals surface area contributed by atoms with E-state index in [2.05, 4.69) is 29.5 Å². The molecule has 0 amide bonds. The molecule has 0 spiro atoms. The van der Waals surface area contributed by atoms with E-state index < -0.39 is 10.0 Å². The highest BCUT2D eigenvalue weighted by atomic mass is 32.2. The van der Waals surface area contributed by atoms with Crippen molar-refractivity contribution in [1.82, 2.24) is 10.6 Å². The zero-order valence-corrected chi connectivity index (χ0v) is 16.4. The second-order valence-corrected chi connectivity index (χ2v) is 7.89. The summed E-state index contributed by atoms with van der Waals surface area (Å²) in [5.74, 6) is 0.796. The highest BCUT2D eigenvalue weighted by Crippen LogP contribution is 2.09. The standard InChI is InChI=1S/C18H32N4O2S/c1-4-5-6-7-8-15(2)22-18(20-3)21-14-13-16-9-11-17(12-10-16)25(19,23)24/h9-12,15H,4-8,13-14H2,1-3H3,(H2,19,23,24)(H2,20,21,22). The molecule has 0 radical (unpaired) electrons. The van der Waals surface area contributed by atoms with Gasteiger partial charge in [-0.3, -0.25) is 4.99 Å². The van der Waals surface area contributed by atoms with E-state index in [4.69, 9.17) is 5.14 Å². The first-order valence-corrected chi connectivity index (χ1v) is 10.5. The van der Waals surface area contributed by atoms with Gasteiger partial charge in [0.25, 0.3) is 0 Å². The number of benzene rings is 1. The molecule has 1 rings (SSSR count). The first-order valence-electron chi connectivity index (χ1n) is 8.95. The predicted octanol–water partition coefficient (Wildman–Crippen LogP) is 2.40. The smallest absolute Gasteiger partial charge is 0.238 e. The number of nitrogens with two attached hydrogens (primary N) is 1. The average Bonchev–Trinajstić information content (AvgIpc) is 2.57. The lowest BCUT2D eigenvalue weighted by Crippen LogP contribution is -2.42. The Balaban J connectivity index is 2.35. The minimum absolute atomic E-state index is 0.138. The van der Waals surface area contributed by atoms with Crippen LogP contribution in [0, 0.1) is 0 Å². The van der Waals surface area contributed by atoms with Gasteiger partial charge in [0.15, 0.2) is 5.96 Å². The average molecular weight is 369 g/mol. The molecule has 4 N–H and O–H groups in total. The lowest BCUT2D eigenvalue weighted by Gasteiger charge is -2.18. The van der Waals surface area contributed by atoms with Crippen LogP contribution in [0.5, 0.6) is 0 Å². The molecule has 0 aromatic heterocycles. The summed E-state index contributed by atoms with van der Waals surface area (Å²) in [4.78, 5) is 4.39. The van der Waals surface area contributed by atoms with Gasteiger partial charge in [0.05, 0.1) is 4.90 Å². The summed E-state index contributed by atoms with van der Waals surface area (Å²) in [6.07, 6.45) is 6.97. The number of nitrogens with one attached hydrogen (secondary N) is 2. The first kappa shape index (κ1) is 21.4. The van der Waals surface area contributed by atoms with Crippen molar-refractivity contribution in [2.45, 2.75) is 63.3 Å². The van der Waals surface area contributed by atoms with Crippen LogP contribution in [0.4, 0.5) is 0 Å². The highest BCUT2D eigenvalue weighted by molar-refractivity contribution is 7.89. The van der Waals surface area contributed by atoms with Crippen LogP contribution in [0.2, 0.25) is 0 Å². The van der Waals surface area contributed by atoms with Gasteiger partial charge in [0, 0.05) is 19.6 Å². The molecule has 7 heteroatoms. The van der Waals surface area contributed by atoms with Crippen molar-refractivity contribution in [1.29, 1.82) is 0 Å². The summed E-state index contributed by atoms with van der Waals surface area (Å²) < 4.78 is 22.5. The number of guanidine groups is 1. The molecule has 142 valence electrons. The Morgan fingerprint density at radius 1 is 1.20 bits per heavy atom. The maximum atomic E-state index is 11.2. The Hall–Kier alpha value is -1.60. The lowest BCUT2D eigenvalue weighted by atomic mass is 10.1. The zero-order valence-electron chi connectivity index (χ0n) is 15.6. The van der Waals surface area contributed by atoms with E-state index in [0.29, 0.717) is 6.04 Å². The van der Waals surface area contributed by atoms with E-state index in [0.717, 1.165) is 30.9 Å². The second kappa shape index (κ2) is 11.1. The van der Waals surface area contributed by atoms with Crippen molar-refractivity contribution in [3.63, 3.8) is 0 Å². The van der Waals surface area contributed by atoms with Gasteiger partial charge in [-0.05, 0) is 37.5 Å². The Kier molecular flexibility index (Phi) is 9.52. The number of unbranched alkanes of at least 4 members (excludes halogenated alkanes) is 3. The molecule has 6 nitrogen and oxygen atoms in total. The minimum atomic E-state index is -3.63. The maximum Gasteiger partial charge on any atom is 0.238 e. The van der Waals surface area contributed by atoms with Gasteiger partial charge in [0.1, 0.15) is 0 Å². The maximum absolute atomic E-state index is 11.2. The summed E-state index contributed by atoms with van der Waals surface area (Å²) in [5.41, 5.74) is 1.04. The van der Waals surface area contributed by atoms with Crippen LogP contribution in [0.15, 0.2) is 34.2 Å². The fourth-order valence-corrected chi connectivity index (χ4v) is 3.06. The van der Waals surface area contributed by atoms with Gasteiger partial charge in [-0.15, -0.1) is 0 Å². The number of hydrogen-bond acceptors (Lipinski definition) is 3. The lowest BCUT2D eigenvalue weighted by molar-refractivity contribution is 0.537. The summed E-state index contributed by atoms with van der Waals surface area (Å²) >= 11 is 0. The SMILES string of the molecule is CCCCCCC(C)NC(=NC)NCCc1ccc(S(N)(=O)=O)cc1. The fraction of sp³-hybridized carbons (Fsp3) is 0.611. The molecule has 25 heavy (non-hydrogen) atoms. The van der Waals surface area contributed by atoms with Gasteiger partial charge in [0.2, 0.25) is 10.0 Å².